The number of nitrogens with one attached hydrogen (secondary N) is 1. The zero-order chi connectivity index (χ0) is 11.7. The molecule has 3 rings (SSSR count). The topological polar surface area (TPSA) is 24.9 Å². The van der Waals surface area contributed by atoms with Gasteiger partial charge >= 0.3 is 0 Å². The zero-order valence-corrected chi connectivity index (χ0v) is 10.6. The Kier molecular flexibility index (Phi) is 3.17. The first-order chi connectivity index (χ1) is 8.34. The summed E-state index contributed by atoms with van der Waals surface area (Å²) < 4.78 is 0. The highest BCUT2D eigenvalue weighted by Gasteiger charge is 2.30. The summed E-state index contributed by atoms with van der Waals surface area (Å²) in [5.74, 6) is 1.52. The molecule has 17 heavy (non-hydrogen) atoms. The summed E-state index contributed by atoms with van der Waals surface area (Å²) in [5.41, 5.74) is 2.71. The number of allylic oxidation sites excluding steroid dienone is 1. The summed E-state index contributed by atoms with van der Waals surface area (Å²) in [6.45, 7) is 2.28. The fourth-order valence-electron chi connectivity index (χ4n) is 3.11. The van der Waals surface area contributed by atoms with Gasteiger partial charge in [0.05, 0.1) is 0 Å². The molecule has 3 heteroatoms. The van der Waals surface area contributed by atoms with E-state index < -0.39 is 0 Å². The van der Waals surface area contributed by atoms with Gasteiger partial charge in [0.25, 0.3) is 0 Å². The van der Waals surface area contributed by atoms with Crippen LogP contribution in [0.2, 0.25) is 5.15 Å². The van der Waals surface area contributed by atoms with Gasteiger partial charge in [-0.1, -0.05) is 23.7 Å². The molecule has 0 spiro atoms. The van der Waals surface area contributed by atoms with Crippen molar-refractivity contribution < 1.29 is 0 Å². The van der Waals surface area contributed by atoms with Gasteiger partial charge in [-0.2, -0.15) is 0 Å². The van der Waals surface area contributed by atoms with Crippen LogP contribution in [0.5, 0.6) is 0 Å². The van der Waals surface area contributed by atoms with Gasteiger partial charge in [-0.3, -0.25) is 0 Å². The molecular formula is C14H17ClN2. The minimum Gasteiger partial charge on any atom is -0.316 e. The van der Waals surface area contributed by atoms with Crippen LogP contribution >= 0.6 is 11.6 Å². The van der Waals surface area contributed by atoms with Crippen molar-refractivity contribution in [3.63, 3.8) is 0 Å². The summed E-state index contributed by atoms with van der Waals surface area (Å²) in [6, 6.07) is 3.98. The van der Waals surface area contributed by atoms with Crippen LogP contribution in [0.25, 0.3) is 5.57 Å². The number of halogens is 1. The van der Waals surface area contributed by atoms with Crippen molar-refractivity contribution in [2.45, 2.75) is 19.3 Å². The van der Waals surface area contributed by atoms with E-state index in [2.05, 4.69) is 22.4 Å². The number of fused-ring (bicyclic) bond motifs is 1. The van der Waals surface area contributed by atoms with Gasteiger partial charge in [0.2, 0.25) is 0 Å². The molecule has 2 aliphatic rings. The maximum absolute atomic E-state index is 5.85. The Balaban J connectivity index is 1.90. The number of nitrogens with zero attached hydrogens (tertiary/aromatic N) is 1. The normalized spacial score (nSPS) is 28.4. The van der Waals surface area contributed by atoms with Crippen molar-refractivity contribution in [3.05, 3.63) is 35.1 Å². The Hall–Kier alpha value is -0.860. The molecule has 0 saturated carbocycles. The van der Waals surface area contributed by atoms with Crippen LogP contribution in [0, 0.1) is 11.8 Å². The van der Waals surface area contributed by atoms with E-state index in [1.165, 1.54) is 36.9 Å². The molecule has 1 saturated heterocycles. The van der Waals surface area contributed by atoms with Gasteiger partial charge < -0.3 is 5.32 Å². The third-order valence-corrected chi connectivity index (χ3v) is 4.21. The van der Waals surface area contributed by atoms with Crippen LogP contribution < -0.4 is 5.32 Å². The smallest absolute Gasteiger partial charge is 0.129 e. The summed E-state index contributed by atoms with van der Waals surface area (Å²) in [7, 11) is 0. The van der Waals surface area contributed by atoms with Crippen LogP contribution in [0.1, 0.15) is 24.8 Å². The van der Waals surface area contributed by atoms with E-state index in [1.54, 1.807) is 0 Å². The molecular weight excluding hydrogens is 232 g/mol. The van der Waals surface area contributed by atoms with Crippen LogP contribution in [-0.2, 0) is 0 Å². The van der Waals surface area contributed by atoms with Crippen molar-refractivity contribution in [3.8, 4) is 0 Å². The van der Waals surface area contributed by atoms with Crippen LogP contribution in [-0.4, -0.2) is 18.1 Å². The van der Waals surface area contributed by atoms with Crippen molar-refractivity contribution >= 4 is 17.2 Å². The van der Waals surface area contributed by atoms with E-state index in [9.17, 15) is 0 Å². The van der Waals surface area contributed by atoms with Gasteiger partial charge in [0.1, 0.15) is 5.15 Å². The van der Waals surface area contributed by atoms with Crippen LogP contribution in [0.15, 0.2) is 24.4 Å². The first kappa shape index (κ1) is 11.2. The molecule has 0 radical (unpaired) electrons. The number of aromatic nitrogens is 1. The lowest BCUT2D eigenvalue weighted by Crippen LogP contribution is -2.38. The van der Waals surface area contributed by atoms with Crippen molar-refractivity contribution in [2.24, 2.45) is 11.8 Å². The molecule has 0 bridgehead atoms. The molecule has 0 amide bonds. The molecule has 1 aromatic rings. The minimum atomic E-state index is 0.573. The Bertz CT molecular complexity index is 424. The molecule has 2 nitrogen and oxygen atoms in total. The average molecular weight is 249 g/mol. The predicted molar refractivity (Wildman–Crippen MR) is 70.9 cm³/mol. The summed E-state index contributed by atoms with van der Waals surface area (Å²) in [6.07, 6.45) is 8.16. The second-order valence-electron chi connectivity index (χ2n) is 4.97. The highest BCUT2D eigenvalue weighted by atomic mass is 35.5. The molecule has 2 heterocycles. The van der Waals surface area contributed by atoms with Crippen molar-refractivity contribution in [2.75, 3.05) is 13.1 Å². The Morgan fingerprint density at radius 2 is 2.24 bits per heavy atom. The Morgan fingerprint density at radius 3 is 3.06 bits per heavy atom. The van der Waals surface area contributed by atoms with Gasteiger partial charge in [-0.15, -0.1) is 0 Å². The van der Waals surface area contributed by atoms with Crippen molar-refractivity contribution in [1.82, 2.24) is 10.3 Å². The maximum atomic E-state index is 5.85. The van der Waals surface area contributed by atoms with E-state index >= 15 is 0 Å². The van der Waals surface area contributed by atoms with Gasteiger partial charge in [-0.05, 0) is 54.8 Å². The molecule has 2 atom stereocenters. The van der Waals surface area contributed by atoms with Crippen LogP contribution in [0.3, 0.4) is 0 Å². The molecule has 0 aromatic carbocycles. The number of piperidine rings is 1. The third-order valence-electron chi connectivity index (χ3n) is 3.99. The summed E-state index contributed by atoms with van der Waals surface area (Å²) in [5, 5.41) is 4.08. The zero-order valence-electron chi connectivity index (χ0n) is 9.82. The molecule has 0 unspecified atom stereocenters. The first-order valence-corrected chi connectivity index (χ1v) is 6.75. The predicted octanol–water partition coefficient (Wildman–Crippen LogP) is 3.14. The largest absolute Gasteiger partial charge is 0.316 e. The molecule has 1 aromatic heterocycles. The molecule has 1 aliphatic heterocycles. The molecule has 90 valence electrons. The second kappa shape index (κ2) is 4.79. The number of hydrogen-bond donors (Lipinski definition) is 1. The highest BCUT2D eigenvalue weighted by Crippen LogP contribution is 2.39. The lowest BCUT2D eigenvalue weighted by molar-refractivity contribution is 0.285. The molecule has 1 N–H and O–H groups in total. The quantitative estimate of drug-likeness (QED) is 0.773. The lowest BCUT2D eigenvalue weighted by Gasteiger charge is -2.37. The van der Waals surface area contributed by atoms with Crippen molar-refractivity contribution in [1.29, 1.82) is 0 Å². The van der Waals surface area contributed by atoms with Gasteiger partial charge in [-0.25, -0.2) is 4.98 Å². The second-order valence-corrected chi connectivity index (χ2v) is 5.35. The minimum absolute atomic E-state index is 0.573. The first-order valence-electron chi connectivity index (χ1n) is 6.37. The standard InChI is InChI=1S/C14H17ClN2/c15-14-5-4-11(8-17-14)12-3-1-2-10-6-7-16-9-13(10)12/h3-5,8,10,13,16H,1-2,6-7,9H2/t10-,13+/m1/s1. The van der Waals surface area contributed by atoms with Gasteiger partial charge in [0.15, 0.2) is 0 Å². The number of hydrogen-bond acceptors (Lipinski definition) is 2. The number of rotatable bonds is 1. The Morgan fingerprint density at radius 1 is 1.29 bits per heavy atom. The number of pyridine rings is 1. The highest BCUT2D eigenvalue weighted by molar-refractivity contribution is 6.29. The van der Waals surface area contributed by atoms with E-state index in [0.29, 0.717) is 11.1 Å². The maximum Gasteiger partial charge on any atom is 0.129 e. The van der Waals surface area contributed by atoms with E-state index in [0.717, 1.165) is 12.5 Å². The van der Waals surface area contributed by atoms with Crippen LogP contribution in [0.4, 0.5) is 0 Å². The third kappa shape index (κ3) is 2.24. The molecule has 1 fully saturated rings. The monoisotopic (exact) mass is 248 g/mol. The Labute approximate surface area is 107 Å². The summed E-state index contributed by atoms with van der Waals surface area (Å²) in [4.78, 5) is 4.20. The summed E-state index contributed by atoms with van der Waals surface area (Å²) >= 11 is 5.85. The van der Waals surface area contributed by atoms with E-state index in [4.69, 9.17) is 11.6 Å². The van der Waals surface area contributed by atoms with Gasteiger partial charge in [0, 0.05) is 12.7 Å². The van der Waals surface area contributed by atoms with E-state index in [1.807, 2.05) is 12.3 Å². The average Bonchev–Trinajstić information content (AvgIpc) is 2.39. The fraction of sp³-hybridized carbons (Fsp3) is 0.500. The SMILES string of the molecule is Clc1ccc(C2=CCC[C@@H]3CCNC[C@H]23)cn1. The molecule has 1 aliphatic carbocycles. The fourth-order valence-corrected chi connectivity index (χ4v) is 3.22. The lowest BCUT2D eigenvalue weighted by atomic mass is 9.73. The van der Waals surface area contributed by atoms with E-state index in [-0.39, 0.29) is 0 Å².